The van der Waals surface area contributed by atoms with Gasteiger partial charge in [0.05, 0.1) is 5.41 Å². The minimum Gasteiger partial charge on any atom is -0.355 e. The number of fused-ring (bicyclic) bond motifs is 2. The molecule has 0 aliphatic carbocycles. The maximum absolute atomic E-state index is 12.8. The van der Waals surface area contributed by atoms with E-state index in [0.29, 0.717) is 28.5 Å². The van der Waals surface area contributed by atoms with Gasteiger partial charge >= 0.3 is 0 Å². The lowest BCUT2D eigenvalue weighted by molar-refractivity contribution is -0.122. The second-order valence-corrected chi connectivity index (χ2v) is 8.23. The molecule has 2 heterocycles. The number of hydrogen-bond donors (Lipinski definition) is 2. The molecule has 2 aromatic rings. The molecule has 0 aromatic heterocycles. The van der Waals surface area contributed by atoms with Crippen LogP contribution in [0.3, 0.4) is 0 Å². The zero-order valence-electron chi connectivity index (χ0n) is 15.5. The van der Waals surface area contributed by atoms with Crippen molar-refractivity contribution in [1.82, 2.24) is 10.2 Å². The molecular weight excluding hydrogens is 397 g/mol. The molecule has 7 heteroatoms. The van der Waals surface area contributed by atoms with E-state index < -0.39 is 5.41 Å². The molecule has 2 aliphatic rings. The van der Waals surface area contributed by atoms with Gasteiger partial charge in [0.25, 0.3) is 5.91 Å². The molecule has 28 heavy (non-hydrogen) atoms. The minimum atomic E-state index is -0.570. The van der Waals surface area contributed by atoms with Crippen molar-refractivity contribution in [2.45, 2.75) is 24.8 Å². The van der Waals surface area contributed by atoms with E-state index in [4.69, 9.17) is 23.2 Å². The van der Waals surface area contributed by atoms with Gasteiger partial charge in [-0.25, -0.2) is 0 Å². The van der Waals surface area contributed by atoms with E-state index in [1.807, 2.05) is 24.3 Å². The first kappa shape index (κ1) is 19.2. The Balaban J connectivity index is 1.54. The molecule has 2 N–H and O–H groups in total. The van der Waals surface area contributed by atoms with Crippen molar-refractivity contribution in [3.05, 3.63) is 63.1 Å². The Morgan fingerprint density at radius 2 is 1.93 bits per heavy atom. The Bertz CT molecular complexity index is 953. The number of benzene rings is 2. The molecule has 2 aromatic carbocycles. The van der Waals surface area contributed by atoms with Crippen LogP contribution in [0, 0.1) is 0 Å². The quantitative estimate of drug-likeness (QED) is 0.797. The Hall–Kier alpha value is -2.08. The van der Waals surface area contributed by atoms with Gasteiger partial charge in [-0.1, -0.05) is 29.3 Å². The van der Waals surface area contributed by atoms with Gasteiger partial charge in [0.2, 0.25) is 5.91 Å². The highest BCUT2D eigenvalue weighted by molar-refractivity contribution is 6.35. The van der Waals surface area contributed by atoms with Crippen LogP contribution < -0.4 is 10.6 Å². The summed E-state index contributed by atoms with van der Waals surface area (Å²) < 4.78 is 0. The summed E-state index contributed by atoms with van der Waals surface area (Å²) in [5.74, 6) is -0.118. The lowest BCUT2D eigenvalue weighted by Crippen LogP contribution is -2.46. The third kappa shape index (κ3) is 3.28. The van der Waals surface area contributed by atoms with Crippen molar-refractivity contribution in [3.8, 4) is 0 Å². The van der Waals surface area contributed by atoms with Crippen LogP contribution in [-0.2, 0) is 16.8 Å². The number of piperidine rings is 1. The van der Waals surface area contributed by atoms with E-state index in [-0.39, 0.29) is 11.8 Å². The van der Waals surface area contributed by atoms with Crippen molar-refractivity contribution in [2.75, 3.05) is 25.5 Å². The third-order valence-corrected chi connectivity index (χ3v) is 6.41. The number of hydrogen-bond acceptors (Lipinski definition) is 3. The molecule has 1 fully saturated rings. The maximum atomic E-state index is 12.8. The van der Waals surface area contributed by atoms with Crippen LogP contribution in [0.15, 0.2) is 36.4 Å². The summed E-state index contributed by atoms with van der Waals surface area (Å²) in [4.78, 5) is 27.2. The van der Waals surface area contributed by atoms with E-state index >= 15 is 0 Å². The Kier molecular flexibility index (Phi) is 5.08. The van der Waals surface area contributed by atoms with Gasteiger partial charge in [0, 0.05) is 34.9 Å². The summed E-state index contributed by atoms with van der Waals surface area (Å²) in [7, 11) is 1.61. The number of halogens is 2. The van der Waals surface area contributed by atoms with Gasteiger partial charge in [0.15, 0.2) is 0 Å². The van der Waals surface area contributed by atoms with Gasteiger partial charge in [-0.05, 0) is 67.4 Å². The van der Waals surface area contributed by atoms with Crippen molar-refractivity contribution < 1.29 is 9.59 Å². The van der Waals surface area contributed by atoms with Crippen LogP contribution in [0.2, 0.25) is 10.0 Å². The molecule has 0 radical (unpaired) electrons. The summed E-state index contributed by atoms with van der Waals surface area (Å²) in [6.45, 7) is 2.27. The molecule has 0 atom stereocenters. The Morgan fingerprint density at radius 3 is 2.61 bits per heavy atom. The minimum absolute atomic E-state index is 0.0285. The average molecular weight is 418 g/mol. The van der Waals surface area contributed by atoms with Crippen LogP contribution in [0.25, 0.3) is 0 Å². The number of rotatable bonds is 3. The number of carbonyl (C=O) groups is 2. The smallest absolute Gasteiger partial charge is 0.251 e. The van der Waals surface area contributed by atoms with Gasteiger partial charge in [0.1, 0.15) is 0 Å². The molecule has 1 saturated heterocycles. The van der Waals surface area contributed by atoms with E-state index in [9.17, 15) is 9.59 Å². The normalized spacial score (nSPS) is 18.0. The summed E-state index contributed by atoms with van der Waals surface area (Å²) in [6.07, 6.45) is 1.41. The van der Waals surface area contributed by atoms with Gasteiger partial charge in [-0.15, -0.1) is 0 Å². The number of likely N-dealkylation sites (tertiary alicyclic amines) is 1. The molecule has 0 unspecified atom stereocenters. The molecule has 5 nitrogen and oxygen atoms in total. The van der Waals surface area contributed by atoms with Crippen molar-refractivity contribution in [2.24, 2.45) is 0 Å². The molecular formula is C21H21Cl2N3O2. The number of amides is 2. The van der Waals surface area contributed by atoms with Crippen LogP contribution >= 0.6 is 23.2 Å². The fourth-order valence-electron chi connectivity index (χ4n) is 4.18. The van der Waals surface area contributed by atoms with Crippen LogP contribution in [0.1, 0.15) is 34.3 Å². The van der Waals surface area contributed by atoms with Crippen LogP contribution in [0.5, 0.6) is 0 Å². The summed E-state index contributed by atoms with van der Waals surface area (Å²) in [5.41, 5.74) is 2.78. The molecule has 0 bridgehead atoms. The highest BCUT2D eigenvalue weighted by atomic mass is 35.5. The summed E-state index contributed by atoms with van der Waals surface area (Å²) in [6, 6.07) is 11.0. The second-order valence-electron chi connectivity index (χ2n) is 7.39. The first-order valence-corrected chi connectivity index (χ1v) is 10.0. The lowest BCUT2D eigenvalue weighted by Gasteiger charge is -2.38. The molecule has 1 spiro atoms. The Morgan fingerprint density at radius 1 is 1.18 bits per heavy atom. The molecule has 2 aliphatic heterocycles. The van der Waals surface area contributed by atoms with E-state index in [1.54, 1.807) is 19.2 Å². The zero-order valence-corrected chi connectivity index (χ0v) is 17.0. The van der Waals surface area contributed by atoms with Crippen LogP contribution in [0.4, 0.5) is 5.69 Å². The first-order valence-electron chi connectivity index (χ1n) is 9.27. The van der Waals surface area contributed by atoms with Gasteiger partial charge in [-0.3, -0.25) is 14.5 Å². The fourth-order valence-corrected chi connectivity index (χ4v) is 4.65. The topological polar surface area (TPSA) is 61.4 Å². The standard InChI is InChI=1S/C21H21Cl2N3O2/c1-24-19(27)13-3-5-18-16(10-13)21(20(28)25-18)6-8-26(9-7-21)12-14-2-4-15(22)11-17(14)23/h2-5,10-11H,6-9,12H2,1H3,(H,24,27)(H,25,28). The average Bonchev–Trinajstić information content (AvgIpc) is 2.96. The highest BCUT2D eigenvalue weighted by Gasteiger charge is 2.48. The zero-order chi connectivity index (χ0) is 19.9. The molecule has 4 rings (SSSR count). The van der Waals surface area contributed by atoms with E-state index in [2.05, 4.69) is 15.5 Å². The molecule has 146 valence electrons. The lowest BCUT2D eigenvalue weighted by atomic mass is 9.73. The second kappa shape index (κ2) is 7.39. The largest absolute Gasteiger partial charge is 0.355 e. The fraction of sp³-hybridized carbons (Fsp3) is 0.333. The van der Waals surface area contributed by atoms with E-state index in [0.717, 1.165) is 36.4 Å². The molecule has 2 amide bonds. The third-order valence-electron chi connectivity index (χ3n) is 5.83. The van der Waals surface area contributed by atoms with Crippen molar-refractivity contribution in [3.63, 3.8) is 0 Å². The monoisotopic (exact) mass is 417 g/mol. The number of carbonyl (C=O) groups excluding carboxylic acids is 2. The van der Waals surface area contributed by atoms with E-state index in [1.165, 1.54) is 0 Å². The van der Waals surface area contributed by atoms with Gasteiger partial charge < -0.3 is 10.6 Å². The number of nitrogens with zero attached hydrogens (tertiary/aromatic N) is 1. The summed E-state index contributed by atoms with van der Waals surface area (Å²) >= 11 is 12.3. The highest BCUT2D eigenvalue weighted by Crippen LogP contribution is 2.45. The number of anilines is 1. The SMILES string of the molecule is CNC(=O)c1ccc2c(c1)C1(CCN(Cc3ccc(Cl)cc3Cl)CC1)C(=O)N2. The van der Waals surface area contributed by atoms with Crippen LogP contribution in [-0.4, -0.2) is 36.9 Å². The summed E-state index contributed by atoms with van der Waals surface area (Å²) in [5, 5.41) is 6.92. The molecule has 0 saturated carbocycles. The number of nitrogens with one attached hydrogen (secondary N) is 2. The van der Waals surface area contributed by atoms with Gasteiger partial charge in [-0.2, -0.15) is 0 Å². The predicted molar refractivity (Wildman–Crippen MR) is 111 cm³/mol. The first-order chi connectivity index (χ1) is 13.4. The van der Waals surface area contributed by atoms with Crippen molar-refractivity contribution >= 4 is 40.7 Å². The predicted octanol–water partition coefficient (Wildman–Crippen LogP) is 3.84. The maximum Gasteiger partial charge on any atom is 0.251 e. The Labute approximate surface area is 174 Å². The van der Waals surface area contributed by atoms with Crippen molar-refractivity contribution in [1.29, 1.82) is 0 Å².